The molecule has 6 heteroatoms. The summed E-state index contributed by atoms with van der Waals surface area (Å²) in [7, 11) is 1.88. The molecule has 2 fully saturated rings. The Morgan fingerprint density at radius 3 is 3.00 bits per heavy atom. The van der Waals surface area contributed by atoms with Crippen LogP contribution in [0.5, 0.6) is 0 Å². The first-order valence-corrected chi connectivity index (χ1v) is 9.46. The van der Waals surface area contributed by atoms with Crippen LogP contribution in [0.25, 0.3) is 0 Å². The maximum Gasteiger partial charge on any atom is 0.193 e. The first-order valence-electron chi connectivity index (χ1n) is 8.64. The topological polar surface area (TPSA) is 49.8 Å². The summed E-state index contributed by atoms with van der Waals surface area (Å²) in [6.45, 7) is 9.22. The molecule has 0 amide bonds. The van der Waals surface area contributed by atoms with E-state index in [2.05, 4.69) is 29.1 Å². The minimum absolute atomic E-state index is 0.375. The largest absolute Gasteiger partial charge is 0.381 e. The van der Waals surface area contributed by atoms with E-state index in [4.69, 9.17) is 9.72 Å². The molecule has 0 radical (unpaired) electrons. The van der Waals surface area contributed by atoms with E-state index in [-0.39, 0.29) is 0 Å². The van der Waals surface area contributed by atoms with Gasteiger partial charge in [0.1, 0.15) is 0 Å². The van der Waals surface area contributed by atoms with Gasteiger partial charge in [-0.3, -0.25) is 4.99 Å². The van der Waals surface area contributed by atoms with Crippen LogP contribution < -0.4 is 5.32 Å². The van der Waals surface area contributed by atoms with E-state index < -0.39 is 0 Å². The van der Waals surface area contributed by atoms with E-state index in [1.54, 1.807) is 0 Å². The molecule has 2 aliphatic heterocycles. The number of aromatic nitrogens is 1. The van der Waals surface area contributed by atoms with Gasteiger partial charge < -0.3 is 15.0 Å². The Labute approximate surface area is 143 Å². The Bertz CT molecular complexity index is 563. The molecule has 1 aromatic rings. The fraction of sp³-hybridized carbons (Fsp3) is 0.765. The number of rotatable bonds is 4. The molecule has 3 heterocycles. The molecular weight excluding hydrogens is 308 g/mol. The summed E-state index contributed by atoms with van der Waals surface area (Å²) in [5.74, 6) is 1.03. The summed E-state index contributed by atoms with van der Waals surface area (Å²) >= 11 is 1.82. The smallest absolute Gasteiger partial charge is 0.193 e. The van der Waals surface area contributed by atoms with Gasteiger partial charge >= 0.3 is 0 Å². The van der Waals surface area contributed by atoms with Crippen LogP contribution in [-0.4, -0.2) is 55.7 Å². The maximum absolute atomic E-state index is 5.61. The maximum atomic E-state index is 5.61. The van der Waals surface area contributed by atoms with Crippen molar-refractivity contribution >= 4 is 17.3 Å². The summed E-state index contributed by atoms with van der Waals surface area (Å²) in [4.78, 5) is 12.9. The number of likely N-dealkylation sites (tertiary alicyclic amines) is 1. The minimum atomic E-state index is 0.375. The Kier molecular flexibility index (Phi) is 5.21. The molecule has 1 N–H and O–H groups in total. The lowest BCUT2D eigenvalue weighted by atomic mass is 9.87. The lowest BCUT2D eigenvalue weighted by Crippen LogP contribution is -2.42. The van der Waals surface area contributed by atoms with Crippen LogP contribution >= 0.6 is 11.3 Å². The third kappa shape index (κ3) is 3.69. The highest BCUT2D eigenvalue weighted by atomic mass is 32.1. The van der Waals surface area contributed by atoms with Crippen LogP contribution in [0.15, 0.2) is 4.99 Å². The first kappa shape index (κ1) is 16.7. The zero-order valence-electron chi connectivity index (χ0n) is 14.5. The summed E-state index contributed by atoms with van der Waals surface area (Å²) in [5, 5.41) is 4.74. The van der Waals surface area contributed by atoms with E-state index in [0.29, 0.717) is 5.41 Å². The lowest BCUT2D eigenvalue weighted by molar-refractivity contribution is 0.156. The van der Waals surface area contributed by atoms with Crippen LogP contribution in [0.1, 0.15) is 35.3 Å². The SMILES string of the molecule is CCc1nc(CCNC(=NC)N2CCC3(CCOC3)C2)sc1C. The second-order valence-electron chi connectivity index (χ2n) is 6.66. The number of nitrogens with one attached hydrogen (secondary N) is 1. The molecule has 2 saturated heterocycles. The molecule has 0 aromatic carbocycles. The molecule has 2 aliphatic rings. The van der Waals surface area contributed by atoms with Gasteiger partial charge in [-0.25, -0.2) is 4.98 Å². The Morgan fingerprint density at radius 1 is 1.48 bits per heavy atom. The highest BCUT2D eigenvalue weighted by Crippen LogP contribution is 2.38. The molecular formula is C17H28N4OS. The van der Waals surface area contributed by atoms with Gasteiger partial charge in [-0.2, -0.15) is 0 Å². The van der Waals surface area contributed by atoms with Crippen LogP contribution in [0.3, 0.4) is 0 Å². The van der Waals surface area contributed by atoms with Crippen molar-refractivity contribution in [2.24, 2.45) is 10.4 Å². The number of aliphatic imine (C=N–C) groups is 1. The van der Waals surface area contributed by atoms with Crippen LogP contribution in [0.4, 0.5) is 0 Å². The van der Waals surface area contributed by atoms with Crippen molar-refractivity contribution in [3.8, 4) is 0 Å². The van der Waals surface area contributed by atoms with Gasteiger partial charge in [0, 0.05) is 50.0 Å². The number of ether oxygens (including phenoxy) is 1. The average Bonchev–Trinajstić information content (AvgIpc) is 3.26. The molecule has 1 aromatic heterocycles. The van der Waals surface area contributed by atoms with Crippen molar-refractivity contribution in [2.45, 2.75) is 39.5 Å². The zero-order chi connectivity index (χ0) is 16.3. The number of aryl methyl sites for hydroxylation is 2. The minimum Gasteiger partial charge on any atom is -0.381 e. The normalized spacial score (nSPS) is 24.8. The van der Waals surface area contributed by atoms with E-state index in [9.17, 15) is 0 Å². The second-order valence-corrected chi connectivity index (χ2v) is 7.95. The summed E-state index contributed by atoms with van der Waals surface area (Å²) in [6.07, 6.45) is 4.40. The predicted molar refractivity (Wildman–Crippen MR) is 95.4 cm³/mol. The van der Waals surface area contributed by atoms with Gasteiger partial charge in [0.15, 0.2) is 5.96 Å². The number of thiazole rings is 1. The standard InChI is InChI=1S/C17H28N4OS/c1-4-14-13(2)23-15(20-14)5-8-19-16(18-3)21-9-6-17(11-21)7-10-22-12-17/h4-12H2,1-3H3,(H,18,19). The molecule has 1 unspecified atom stereocenters. The third-order valence-electron chi connectivity index (χ3n) is 5.03. The number of nitrogens with zero attached hydrogens (tertiary/aromatic N) is 3. The highest BCUT2D eigenvalue weighted by Gasteiger charge is 2.42. The summed E-state index contributed by atoms with van der Waals surface area (Å²) < 4.78 is 5.61. The number of hydrogen-bond donors (Lipinski definition) is 1. The molecule has 0 saturated carbocycles. The molecule has 128 valence electrons. The molecule has 23 heavy (non-hydrogen) atoms. The molecule has 0 bridgehead atoms. The second kappa shape index (κ2) is 7.18. The Morgan fingerprint density at radius 2 is 2.35 bits per heavy atom. The molecule has 1 spiro atoms. The van der Waals surface area contributed by atoms with Crippen molar-refractivity contribution in [1.29, 1.82) is 0 Å². The van der Waals surface area contributed by atoms with E-state index >= 15 is 0 Å². The summed E-state index contributed by atoms with van der Waals surface area (Å²) in [6, 6.07) is 0. The van der Waals surface area contributed by atoms with Crippen molar-refractivity contribution in [1.82, 2.24) is 15.2 Å². The van der Waals surface area contributed by atoms with Gasteiger partial charge in [-0.15, -0.1) is 11.3 Å². The van der Waals surface area contributed by atoms with Gasteiger partial charge in [-0.05, 0) is 26.2 Å². The van der Waals surface area contributed by atoms with Crippen molar-refractivity contribution in [3.05, 3.63) is 15.6 Å². The van der Waals surface area contributed by atoms with E-state index in [1.807, 2.05) is 18.4 Å². The van der Waals surface area contributed by atoms with Gasteiger partial charge in [0.25, 0.3) is 0 Å². The van der Waals surface area contributed by atoms with Crippen molar-refractivity contribution < 1.29 is 4.74 Å². The van der Waals surface area contributed by atoms with Gasteiger partial charge in [0.05, 0.1) is 17.3 Å². The van der Waals surface area contributed by atoms with E-state index in [0.717, 1.165) is 51.6 Å². The van der Waals surface area contributed by atoms with Crippen molar-refractivity contribution in [2.75, 3.05) is 39.9 Å². The van der Waals surface area contributed by atoms with Crippen molar-refractivity contribution in [3.63, 3.8) is 0 Å². The zero-order valence-corrected chi connectivity index (χ0v) is 15.3. The monoisotopic (exact) mass is 336 g/mol. The average molecular weight is 337 g/mol. The van der Waals surface area contributed by atoms with Crippen LogP contribution in [-0.2, 0) is 17.6 Å². The molecule has 3 rings (SSSR count). The Balaban J connectivity index is 1.50. The van der Waals surface area contributed by atoms with Gasteiger partial charge in [-0.1, -0.05) is 6.92 Å². The lowest BCUT2D eigenvalue weighted by Gasteiger charge is -2.24. The number of hydrogen-bond acceptors (Lipinski definition) is 4. The van der Waals surface area contributed by atoms with E-state index in [1.165, 1.54) is 28.4 Å². The van der Waals surface area contributed by atoms with Crippen LogP contribution in [0.2, 0.25) is 0 Å². The van der Waals surface area contributed by atoms with Crippen LogP contribution in [0, 0.1) is 12.3 Å². The quantitative estimate of drug-likeness (QED) is 0.677. The molecule has 0 aliphatic carbocycles. The first-order chi connectivity index (χ1) is 11.2. The molecule has 5 nitrogen and oxygen atoms in total. The van der Waals surface area contributed by atoms with Gasteiger partial charge in [0.2, 0.25) is 0 Å². The highest BCUT2D eigenvalue weighted by molar-refractivity contribution is 7.11. The molecule has 1 atom stereocenters. The fourth-order valence-electron chi connectivity index (χ4n) is 3.62. The number of guanidine groups is 1. The Hall–Kier alpha value is -1.14. The predicted octanol–water partition coefficient (Wildman–Crippen LogP) is 2.24. The third-order valence-corrected chi connectivity index (χ3v) is 6.10. The fourth-order valence-corrected chi connectivity index (χ4v) is 4.64. The summed E-state index contributed by atoms with van der Waals surface area (Å²) in [5.41, 5.74) is 1.62.